The SMILES string of the molecule is CC(=O)N[C@H]1CCSC[C@@H](C(=O)N[C@@H](Cc2ccc(O)c(C(C)(C)C)c2)C(=O)N[C@@H](Cc2c[nH]c3ccccc23)C(=O)N[C@@](C)(CCCCN)C(=O)N[C@@H](CCC(=O)O)C(=O)N[C@@H](CC(N)=O)C(=O)NCC(N)=O)NC(=O)[C@H](CCC(N)=O)NC(=O)[C@H](Cc2c[nH]c3ccccc23)NC(=O)[C@H]([C@@H](C)O)NC(=O)[C@H](CCC(N)=O)NC1=O. The molecule has 1 aliphatic heterocycles. The van der Waals surface area contributed by atoms with Gasteiger partial charge < -0.3 is 118 Å². The molecule has 0 saturated carbocycles. The van der Waals surface area contributed by atoms with Crippen LogP contribution in [-0.4, -0.2) is 222 Å². The number of carbonyl (C=O) groups excluding carboxylic acids is 16. The van der Waals surface area contributed by atoms with E-state index >= 15 is 28.8 Å². The molecule has 0 spiro atoms. The maximum atomic E-state index is 15.8. The molecule has 27 N–H and O–H groups in total. The molecule has 0 aliphatic carbocycles. The Labute approximate surface area is 671 Å². The Morgan fingerprint density at radius 2 is 1.16 bits per heavy atom. The Hall–Kier alpha value is -12.2. The predicted molar refractivity (Wildman–Crippen MR) is 422 cm³/mol. The van der Waals surface area contributed by atoms with E-state index in [1.165, 1.54) is 19.1 Å². The van der Waals surface area contributed by atoms with Crippen molar-refractivity contribution in [1.82, 2.24) is 73.8 Å². The summed E-state index contributed by atoms with van der Waals surface area (Å²) in [6.07, 6.45) is -4.32. The highest BCUT2D eigenvalue weighted by atomic mass is 32.2. The zero-order valence-electron chi connectivity index (χ0n) is 65.2. The summed E-state index contributed by atoms with van der Waals surface area (Å²) < 4.78 is 0. The van der Waals surface area contributed by atoms with Gasteiger partial charge in [0.15, 0.2) is 0 Å². The van der Waals surface area contributed by atoms with Gasteiger partial charge in [-0.05, 0) is 117 Å². The van der Waals surface area contributed by atoms with Crippen LogP contribution in [0.15, 0.2) is 79.1 Å². The van der Waals surface area contributed by atoms with Crippen molar-refractivity contribution in [2.45, 2.75) is 209 Å². The molecule has 116 heavy (non-hydrogen) atoms. The van der Waals surface area contributed by atoms with E-state index in [1.807, 2.05) is 0 Å². The number of hydrogen-bond donors (Lipinski definition) is 22. The van der Waals surface area contributed by atoms with Gasteiger partial charge in [0.1, 0.15) is 71.7 Å². The van der Waals surface area contributed by atoms with E-state index in [0.717, 1.165) is 25.6 Å². The normalized spacial score (nSPS) is 19.2. The number of thioether (sulfide) groups is 1. The standard InChI is InChI=1S/C76H105N19O20S/c1-38(96)63-73(114)91-53(31-41-34-82-46-15-9-7-13-43(41)46)70(111)87-48(18-22-58(78)99)65(106)92-56(37-116-28-25-51(85-39(2)97)67(108)86-49(68(109)94-63)19-23-59(79)100)71(112)88-52(30-40-17-21-57(98)45(29-40)75(3,4)5)69(110)89-54(32-42-35-83-47-16-10-8-14-44(42)47)72(113)95-76(6,26-11-12-27-77)74(115)93-50(20-24-62(103)104)66(107)90-55(33-60(80)101)64(105)84-36-61(81)102/h7-10,13-17,21,29,34-35,38,48-56,63,82-83,96,98H,11-12,18-20,22-28,30-33,36-37,77H2,1-6H3,(H2,78,99)(H2,79,100)(H2,80,101)(H2,81,102)(H,84,105)(H,85,97)(H,86,108)(H,87,111)(H,88,112)(H,89,110)(H,90,107)(H,91,114)(H,92,106)(H,93,115)(H,94,109)(H,95,113)(H,103,104)/t38-,48+,49+,50+,51+,52+,53+,54+,55+,56+,63+,76+/m1/s1. The average Bonchev–Trinajstić information content (AvgIpc) is 1.76. The first kappa shape index (κ1) is 92.7. The van der Waals surface area contributed by atoms with Crippen molar-refractivity contribution in [3.05, 3.63) is 101 Å². The maximum Gasteiger partial charge on any atom is 0.303 e. The molecule has 1 saturated heterocycles. The fourth-order valence-electron chi connectivity index (χ4n) is 12.8. The second-order valence-corrected chi connectivity index (χ2v) is 30.7. The third kappa shape index (κ3) is 28.4. The number of H-pyrrole nitrogens is 2. The van der Waals surface area contributed by atoms with E-state index in [0.29, 0.717) is 44.1 Å². The van der Waals surface area contributed by atoms with Crippen LogP contribution in [0.4, 0.5) is 0 Å². The molecule has 39 nitrogen and oxygen atoms in total. The molecule has 1 fully saturated rings. The maximum absolute atomic E-state index is 15.8. The fraction of sp³-hybridized carbons (Fsp3) is 0.487. The second-order valence-electron chi connectivity index (χ2n) is 29.6. The Bertz CT molecular complexity index is 4450. The molecule has 0 unspecified atom stereocenters. The number of aliphatic carboxylic acids is 1. The summed E-state index contributed by atoms with van der Waals surface area (Å²) >= 11 is 0.905. The highest BCUT2D eigenvalue weighted by Gasteiger charge is 2.42. The van der Waals surface area contributed by atoms with E-state index in [2.05, 4.69) is 73.8 Å². The largest absolute Gasteiger partial charge is 0.508 e. The molecule has 16 amide bonds. The summed E-state index contributed by atoms with van der Waals surface area (Å²) in [6.45, 7) is 8.22. The zero-order valence-corrected chi connectivity index (χ0v) is 66.0. The molecule has 1 aliphatic rings. The minimum atomic E-state index is -2.11. The number of phenols is 1. The van der Waals surface area contributed by atoms with Crippen LogP contribution in [0.1, 0.15) is 134 Å². The summed E-state index contributed by atoms with van der Waals surface area (Å²) in [5.41, 5.74) is 27.5. The molecule has 0 bridgehead atoms. The van der Waals surface area contributed by atoms with Gasteiger partial charge in [0.05, 0.1) is 19.1 Å². The van der Waals surface area contributed by atoms with Gasteiger partial charge in [-0.25, -0.2) is 0 Å². The lowest BCUT2D eigenvalue weighted by atomic mass is 9.84. The Morgan fingerprint density at radius 1 is 0.603 bits per heavy atom. The number of carboxylic acid groups (broad SMARTS) is 1. The number of hydrogen-bond acceptors (Lipinski definition) is 21. The van der Waals surface area contributed by atoms with Crippen LogP contribution < -0.4 is 92.5 Å². The van der Waals surface area contributed by atoms with E-state index in [9.17, 15) is 68.1 Å². The third-order valence-corrected chi connectivity index (χ3v) is 20.1. The number of rotatable bonds is 36. The van der Waals surface area contributed by atoms with E-state index < -0.39 is 242 Å². The quantitative estimate of drug-likeness (QED) is 0.0170. The highest BCUT2D eigenvalue weighted by molar-refractivity contribution is 7.99. The summed E-state index contributed by atoms with van der Waals surface area (Å²) in [5, 5.41) is 63.4. The Balaban J connectivity index is 1.48. The van der Waals surface area contributed by atoms with E-state index in [1.54, 1.807) is 87.8 Å². The molecule has 6 rings (SSSR count). The summed E-state index contributed by atoms with van der Waals surface area (Å²) in [5.74, 6) is -19.1. The minimum absolute atomic E-state index is 0.0812. The van der Waals surface area contributed by atoms with Gasteiger partial charge in [0.25, 0.3) is 0 Å². The smallest absolute Gasteiger partial charge is 0.303 e. The van der Waals surface area contributed by atoms with Crippen molar-refractivity contribution < 1.29 is 96.8 Å². The first-order valence-electron chi connectivity index (χ1n) is 37.5. The summed E-state index contributed by atoms with van der Waals surface area (Å²) in [4.78, 5) is 242. The Morgan fingerprint density at radius 3 is 1.74 bits per heavy atom. The van der Waals surface area contributed by atoms with E-state index in [-0.39, 0.29) is 56.6 Å². The monoisotopic (exact) mass is 1640 g/mol. The van der Waals surface area contributed by atoms with Gasteiger partial charge in [0.2, 0.25) is 94.5 Å². The van der Waals surface area contributed by atoms with Gasteiger partial charge in [-0.15, -0.1) is 0 Å². The average molecular weight is 1640 g/mol. The Kier molecular flexibility index (Phi) is 34.6. The molecule has 630 valence electrons. The lowest BCUT2D eigenvalue weighted by Gasteiger charge is -2.34. The van der Waals surface area contributed by atoms with Crippen molar-refractivity contribution in [1.29, 1.82) is 0 Å². The first-order chi connectivity index (χ1) is 54.7. The van der Waals surface area contributed by atoms with E-state index in [4.69, 9.17) is 28.7 Å². The van der Waals surface area contributed by atoms with Crippen molar-refractivity contribution in [3.63, 3.8) is 0 Å². The number of carbonyl (C=O) groups is 17. The number of benzene rings is 3. The predicted octanol–water partition coefficient (Wildman–Crippen LogP) is -4.06. The number of phenolic OH excluding ortho intramolecular Hbond substituents is 1. The number of aromatic hydroxyl groups is 1. The molecule has 0 radical (unpaired) electrons. The number of carboxylic acids is 1. The van der Waals surface area contributed by atoms with Crippen LogP contribution in [0.2, 0.25) is 0 Å². The number of amides is 16. The topological polar surface area (TPSA) is 657 Å². The number of fused-ring (bicyclic) bond motifs is 2. The summed E-state index contributed by atoms with van der Waals surface area (Å²) in [6, 6.07) is 0.616. The van der Waals surface area contributed by atoms with Crippen LogP contribution >= 0.6 is 11.8 Å². The number of aromatic nitrogens is 2. The number of unbranched alkanes of at least 4 members (excludes halogenated alkanes) is 1. The number of aliphatic hydroxyl groups excluding tert-OH is 1. The molecular formula is C76H105N19O20S. The van der Waals surface area contributed by atoms with Gasteiger partial charge in [-0.1, -0.05) is 69.3 Å². The number of para-hydroxylation sites is 2. The highest BCUT2D eigenvalue weighted by Crippen LogP contribution is 2.32. The number of nitrogens with one attached hydrogen (secondary N) is 14. The number of aromatic amines is 2. The van der Waals surface area contributed by atoms with Gasteiger partial charge in [-0.2, -0.15) is 11.8 Å². The van der Waals surface area contributed by atoms with Crippen molar-refractivity contribution in [2.75, 3.05) is 24.6 Å². The first-order valence-corrected chi connectivity index (χ1v) is 38.7. The van der Waals surface area contributed by atoms with Crippen LogP contribution in [0.5, 0.6) is 5.75 Å². The fourth-order valence-corrected chi connectivity index (χ4v) is 13.8. The van der Waals surface area contributed by atoms with Crippen LogP contribution in [0.25, 0.3) is 21.8 Å². The van der Waals surface area contributed by atoms with Gasteiger partial charge in [-0.3, -0.25) is 81.5 Å². The molecule has 2 aromatic heterocycles. The zero-order chi connectivity index (χ0) is 85.9. The molecule has 3 aromatic carbocycles. The van der Waals surface area contributed by atoms with Crippen LogP contribution in [0.3, 0.4) is 0 Å². The molecule has 5 aromatic rings. The number of nitrogens with two attached hydrogens (primary N) is 5. The van der Waals surface area contributed by atoms with Crippen molar-refractivity contribution >= 4 is 134 Å². The molecule has 12 atom stereocenters. The van der Waals surface area contributed by atoms with Crippen LogP contribution in [0, 0.1) is 0 Å². The number of primary amides is 4. The van der Waals surface area contributed by atoms with Crippen molar-refractivity contribution in [2.24, 2.45) is 28.7 Å². The van der Waals surface area contributed by atoms with Crippen LogP contribution in [-0.2, 0) is 106 Å². The molecule has 3 heterocycles. The molecule has 40 heteroatoms. The third-order valence-electron chi connectivity index (χ3n) is 19.0. The second kappa shape index (κ2) is 43.3. The summed E-state index contributed by atoms with van der Waals surface area (Å²) in [7, 11) is 0. The lowest BCUT2D eigenvalue weighted by molar-refractivity contribution is -0.140. The lowest BCUT2D eigenvalue weighted by Crippen LogP contribution is -2.64. The van der Waals surface area contributed by atoms with Gasteiger partial charge in [0, 0.05) is 85.4 Å². The minimum Gasteiger partial charge on any atom is -0.508 e. The van der Waals surface area contributed by atoms with Crippen molar-refractivity contribution in [3.8, 4) is 5.75 Å². The number of aliphatic hydroxyl groups is 1. The van der Waals surface area contributed by atoms with Gasteiger partial charge >= 0.3 is 5.97 Å². The molecular weight excluding hydrogens is 1530 g/mol.